The molecule has 0 amide bonds. The molecule has 116 valence electrons. The largest absolute Gasteiger partial charge is 0.330 e. The third-order valence-corrected chi connectivity index (χ3v) is 5.49. The molecule has 0 aromatic carbocycles. The summed E-state index contributed by atoms with van der Waals surface area (Å²) < 4.78 is 0. The first-order valence-corrected chi connectivity index (χ1v) is 8.24. The van der Waals surface area contributed by atoms with E-state index in [1.807, 2.05) is 0 Å². The fourth-order valence-electron chi connectivity index (χ4n) is 2.87. The average molecular weight is 270 g/mol. The molecule has 0 aliphatic heterocycles. The van der Waals surface area contributed by atoms with Crippen LogP contribution in [0.15, 0.2) is 0 Å². The maximum atomic E-state index is 5.81. The zero-order valence-corrected chi connectivity index (χ0v) is 14.8. The summed E-state index contributed by atoms with van der Waals surface area (Å²) in [6.07, 6.45) is 5.11. The molecule has 0 saturated carbocycles. The Hall–Kier alpha value is -0.0400. The number of nitrogens with two attached hydrogens (primary N) is 1. The third kappa shape index (κ3) is 6.79. The summed E-state index contributed by atoms with van der Waals surface area (Å²) in [5.74, 6) is 2.32. The van der Waals surface area contributed by atoms with Crippen LogP contribution in [0, 0.1) is 28.6 Å². The molecular formula is C18H39N. The summed E-state index contributed by atoms with van der Waals surface area (Å²) in [7, 11) is 0. The molecule has 0 fully saturated rings. The van der Waals surface area contributed by atoms with E-state index in [0.29, 0.717) is 10.8 Å². The number of hydrogen-bond acceptors (Lipinski definition) is 1. The molecule has 0 aliphatic carbocycles. The van der Waals surface area contributed by atoms with E-state index in [0.717, 1.165) is 30.7 Å². The van der Waals surface area contributed by atoms with Crippen LogP contribution in [0.3, 0.4) is 0 Å². The first-order valence-electron chi connectivity index (χ1n) is 8.24. The maximum absolute atomic E-state index is 5.81. The molecule has 0 spiro atoms. The molecular weight excluding hydrogens is 230 g/mol. The van der Waals surface area contributed by atoms with E-state index in [1.165, 1.54) is 19.3 Å². The van der Waals surface area contributed by atoms with Gasteiger partial charge in [-0.25, -0.2) is 0 Å². The van der Waals surface area contributed by atoms with Crippen molar-refractivity contribution < 1.29 is 0 Å². The smallest absolute Gasteiger partial charge is 0.00720 e. The Bertz CT molecular complexity index is 242. The van der Waals surface area contributed by atoms with Crippen molar-refractivity contribution in [2.24, 2.45) is 34.3 Å². The minimum absolute atomic E-state index is 0.410. The van der Waals surface area contributed by atoms with Gasteiger partial charge in [0.15, 0.2) is 0 Å². The standard InChI is InChI=1S/C18H39N/c1-14(2)16(5)13-17(6,7)9-10-18(8,11-12-19)15(3)4/h14-16H,9-13,19H2,1-8H3. The highest BCUT2D eigenvalue weighted by atomic mass is 14.5. The zero-order chi connectivity index (χ0) is 15.3. The van der Waals surface area contributed by atoms with Gasteiger partial charge < -0.3 is 5.73 Å². The zero-order valence-electron chi connectivity index (χ0n) is 14.8. The highest BCUT2D eigenvalue weighted by Gasteiger charge is 2.31. The van der Waals surface area contributed by atoms with Crippen LogP contribution in [-0.4, -0.2) is 6.54 Å². The molecule has 0 rings (SSSR count). The topological polar surface area (TPSA) is 26.0 Å². The van der Waals surface area contributed by atoms with Crippen molar-refractivity contribution in [1.29, 1.82) is 0 Å². The molecule has 0 aliphatic rings. The lowest BCUT2D eigenvalue weighted by atomic mass is 9.68. The molecule has 1 heteroatoms. The molecule has 19 heavy (non-hydrogen) atoms. The van der Waals surface area contributed by atoms with Crippen molar-refractivity contribution in [1.82, 2.24) is 0 Å². The van der Waals surface area contributed by atoms with Gasteiger partial charge in [0.2, 0.25) is 0 Å². The lowest BCUT2D eigenvalue weighted by Gasteiger charge is -2.38. The summed E-state index contributed by atoms with van der Waals surface area (Å²) in [4.78, 5) is 0. The Balaban J connectivity index is 4.49. The van der Waals surface area contributed by atoms with Crippen LogP contribution in [0.4, 0.5) is 0 Å². The van der Waals surface area contributed by atoms with Crippen molar-refractivity contribution in [3.05, 3.63) is 0 Å². The van der Waals surface area contributed by atoms with Crippen LogP contribution in [0.25, 0.3) is 0 Å². The second kappa shape index (κ2) is 7.67. The predicted molar refractivity (Wildman–Crippen MR) is 88.3 cm³/mol. The molecule has 0 radical (unpaired) electrons. The summed E-state index contributed by atoms with van der Waals surface area (Å²) in [5, 5.41) is 0. The highest BCUT2D eigenvalue weighted by molar-refractivity contribution is 4.82. The van der Waals surface area contributed by atoms with E-state index in [9.17, 15) is 0 Å². The van der Waals surface area contributed by atoms with Gasteiger partial charge in [-0.3, -0.25) is 0 Å². The van der Waals surface area contributed by atoms with Gasteiger partial charge in [0.05, 0.1) is 0 Å². The van der Waals surface area contributed by atoms with Gasteiger partial charge in [0.25, 0.3) is 0 Å². The van der Waals surface area contributed by atoms with Crippen LogP contribution in [0.1, 0.15) is 81.1 Å². The number of hydrogen-bond donors (Lipinski definition) is 1. The normalized spacial score (nSPS) is 17.8. The van der Waals surface area contributed by atoms with E-state index in [4.69, 9.17) is 5.73 Å². The monoisotopic (exact) mass is 269 g/mol. The van der Waals surface area contributed by atoms with Crippen molar-refractivity contribution in [2.75, 3.05) is 6.54 Å². The SMILES string of the molecule is CC(C)C(C)CC(C)(C)CCC(C)(CCN)C(C)C. The van der Waals surface area contributed by atoms with Gasteiger partial charge in [-0.15, -0.1) is 0 Å². The fourth-order valence-corrected chi connectivity index (χ4v) is 2.87. The lowest BCUT2D eigenvalue weighted by molar-refractivity contribution is 0.132. The van der Waals surface area contributed by atoms with Crippen LogP contribution in [0.2, 0.25) is 0 Å². The third-order valence-electron chi connectivity index (χ3n) is 5.49. The first-order chi connectivity index (χ1) is 8.54. The molecule has 2 unspecified atom stereocenters. The molecule has 1 nitrogen and oxygen atoms in total. The summed E-state index contributed by atoms with van der Waals surface area (Å²) in [6.45, 7) is 19.9. The second-order valence-corrected chi connectivity index (χ2v) is 8.44. The van der Waals surface area contributed by atoms with E-state index >= 15 is 0 Å². The predicted octanol–water partition coefficient (Wildman–Crippen LogP) is 5.49. The number of rotatable bonds is 9. The van der Waals surface area contributed by atoms with Gasteiger partial charge in [-0.05, 0) is 60.8 Å². The van der Waals surface area contributed by atoms with Crippen molar-refractivity contribution >= 4 is 0 Å². The van der Waals surface area contributed by atoms with Gasteiger partial charge in [0.1, 0.15) is 0 Å². The van der Waals surface area contributed by atoms with Gasteiger partial charge in [-0.1, -0.05) is 55.4 Å². The molecule has 2 atom stereocenters. The minimum Gasteiger partial charge on any atom is -0.330 e. The Morgan fingerprint density at radius 3 is 1.74 bits per heavy atom. The van der Waals surface area contributed by atoms with E-state index in [1.54, 1.807) is 0 Å². The minimum atomic E-state index is 0.410. The highest BCUT2D eigenvalue weighted by Crippen LogP contribution is 2.41. The molecule has 0 aromatic rings. The first kappa shape index (κ1) is 19.0. The average Bonchev–Trinajstić information content (AvgIpc) is 2.26. The van der Waals surface area contributed by atoms with Crippen molar-refractivity contribution in [2.45, 2.75) is 81.1 Å². The van der Waals surface area contributed by atoms with Gasteiger partial charge >= 0.3 is 0 Å². The van der Waals surface area contributed by atoms with E-state index in [-0.39, 0.29) is 0 Å². The van der Waals surface area contributed by atoms with Crippen LogP contribution in [0.5, 0.6) is 0 Å². The fraction of sp³-hybridized carbons (Fsp3) is 1.00. The second-order valence-electron chi connectivity index (χ2n) is 8.44. The van der Waals surface area contributed by atoms with Gasteiger partial charge in [0, 0.05) is 0 Å². The van der Waals surface area contributed by atoms with Crippen LogP contribution < -0.4 is 5.73 Å². The molecule has 0 bridgehead atoms. The summed E-state index contributed by atoms with van der Waals surface area (Å²) in [5.41, 5.74) is 6.67. The Morgan fingerprint density at radius 2 is 1.37 bits per heavy atom. The Kier molecular flexibility index (Phi) is 7.65. The van der Waals surface area contributed by atoms with E-state index < -0.39 is 0 Å². The molecule has 0 heterocycles. The Labute approximate surface area is 122 Å². The van der Waals surface area contributed by atoms with Crippen LogP contribution >= 0.6 is 0 Å². The lowest BCUT2D eigenvalue weighted by Crippen LogP contribution is -2.29. The van der Waals surface area contributed by atoms with Crippen LogP contribution in [-0.2, 0) is 0 Å². The summed E-state index contributed by atoms with van der Waals surface area (Å²) in [6, 6.07) is 0. The summed E-state index contributed by atoms with van der Waals surface area (Å²) >= 11 is 0. The van der Waals surface area contributed by atoms with Crippen molar-refractivity contribution in [3.8, 4) is 0 Å². The molecule has 0 aromatic heterocycles. The molecule has 0 saturated heterocycles. The van der Waals surface area contributed by atoms with E-state index in [2.05, 4.69) is 55.4 Å². The maximum Gasteiger partial charge on any atom is -0.00720 e. The van der Waals surface area contributed by atoms with Gasteiger partial charge in [-0.2, -0.15) is 0 Å². The van der Waals surface area contributed by atoms with Crippen molar-refractivity contribution in [3.63, 3.8) is 0 Å². The Morgan fingerprint density at radius 1 is 0.842 bits per heavy atom. The molecule has 2 N–H and O–H groups in total. The quantitative estimate of drug-likeness (QED) is 0.589.